The molecule has 22 heavy (non-hydrogen) atoms. The van der Waals surface area contributed by atoms with E-state index in [1.165, 1.54) is 0 Å². The van der Waals surface area contributed by atoms with Crippen LogP contribution in [0.5, 0.6) is 0 Å². The Bertz CT molecular complexity index is 460. The summed E-state index contributed by atoms with van der Waals surface area (Å²) in [6.07, 6.45) is 0.162. The third kappa shape index (κ3) is 5.07. The number of esters is 1. The van der Waals surface area contributed by atoms with E-state index >= 15 is 0 Å². The van der Waals surface area contributed by atoms with Gasteiger partial charge >= 0.3 is 5.97 Å². The van der Waals surface area contributed by atoms with Gasteiger partial charge in [0, 0.05) is 13.1 Å². The summed E-state index contributed by atoms with van der Waals surface area (Å²) in [7, 11) is 3.78. The van der Waals surface area contributed by atoms with E-state index in [4.69, 9.17) is 20.2 Å². The van der Waals surface area contributed by atoms with Crippen molar-refractivity contribution in [3.05, 3.63) is 0 Å². The number of nitrogens with one attached hydrogen (secondary N) is 1. The number of carbonyl (C=O) groups excluding carboxylic acids is 1. The molecule has 1 fully saturated rings. The zero-order chi connectivity index (χ0) is 16.5. The average molecular weight is 311 g/mol. The molecule has 122 valence electrons. The minimum Gasteiger partial charge on any atom is -0.461 e. The van der Waals surface area contributed by atoms with Gasteiger partial charge in [-0.15, -0.1) is 0 Å². The van der Waals surface area contributed by atoms with Crippen molar-refractivity contribution in [2.75, 3.05) is 40.4 Å². The van der Waals surface area contributed by atoms with E-state index in [0.29, 0.717) is 19.7 Å². The number of likely N-dealkylation sites (N-methyl/N-ethyl adjacent to an activating group) is 1. The van der Waals surface area contributed by atoms with Gasteiger partial charge in [0.05, 0.1) is 19.4 Å². The number of rotatable bonds is 7. The first-order valence-electron chi connectivity index (χ1n) is 6.87. The number of hydrogen-bond donors (Lipinski definition) is 1. The van der Waals surface area contributed by atoms with Crippen molar-refractivity contribution in [3.63, 3.8) is 0 Å². The molecule has 0 amide bonds. The van der Waals surface area contributed by atoms with Crippen LogP contribution in [0.2, 0.25) is 0 Å². The van der Waals surface area contributed by atoms with Crippen LogP contribution in [0.4, 0.5) is 0 Å². The molecule has 1 rings (SSSR count). The summed E-state index contributed by atoms with van der Waals surface area (Å²) in [6, 6.07) is 1.62. The molecule has 2 atom stereocenters. The molecule has 0 aromatic carbocycles. The molecular formula is C13H21N5O4. The first-order valence-corrected chi connectivity index (χ1v) is 6.87. The summed E-state index contributed by atoms with van der Waals surface area (Å²) in [5.41, 5.74) is -0.480. The van der Waals surface area contributed by atoms with E-state index in [9.17, 15) is 4.79 Å². The van der Waals surface area contributed by atoms with Gasteiger partial charge in [-0.1, -0.05) is 5.16 Å². The molecule has 0 spiro atoms. The summed E-state index contributed by atoms with van der Waals surface area (Å²) in [6.45, 7) is 3.33. The molecule has 1 aliphatic rings. The summed E-state index contributed by atoms with van der Waals surface area (Å²) < 4.78 is 10.3. The van der Waals surface area contributed by atoms with Crippen molar-refractivity contribution in [2.24, 2.45) is 5.16 Å². The fourth-order valence-electron chi connectivity index (χ4n) is 1.81. The van der Waals surface area contributed by atoms with Crippen LogP contribution in [-0.4, -0.2) is 80.5 Å². The molecule has 0 aliphatic carbocycles. The zero-order valence-corrected chi connectivity index (χ0v) is 13.0. The molecular weight excluding hydrogens is 290 g/mol. The van der Waals surface area contributed by atoms with Gasteiger partial charge in [-0.3, -0.25) is 9.80 Å². The SMILES string of the molecule is CCOC(=O)C(C#N)=NOC(C=N)N1CCOC(N(C)C)C1. The number of oxime groups is 1. The molecule has 0 aromatic rings. The standard InChI is InChI=1S/C13H21N5O4/c1-4-20-13(19)10(7-14)16-22-11(8-15)18-5-6-21-12(9-18)17(2)3/h8,11-12,15H,4-6,9H2,1-3H3. The van der Waals surface area contributed by atoms with Crippen LogP contribution in [0.25, 0.3) is 0 Å². The van der Waals surface area contributed by atoms with E-state index < -0.39 is 17.9 Å². The van der Waals surface area contributed by atoms with E-state index in [1.54, 1.807) is 13.0 Å². The molecule has 1 aliphatic heterocycles. The fraction of sp³-hybridized carbons (Fsp3) is 0.692. The third-order valence-corrected chi connectivity index (χ3v) is 2.98. The molecule has 1 saturated heterocycles. The second-order valence-corrected chi connectivity index (χ2v) is 4.72. The van der Waals surface area contributed by atoms with Gasteiger partial charge in [-0.2, -0.15) is 5.26 Å². The quantitative estimate of drug-likeness (QED) is 0.388. The number of carbonyl (C=O) groups is 1. The van der Waals surface area contributed by atoms with Crippen LogP contribution in [0.1, 0.15) is 6.92 Å². The van der Waals surface area contributed by atoms with E-state index in [1.807, 2.05) is 23.9 Å². The molecule has 0 radical (unpaired) electrons. The molecule has 2 unspecified atom stereocenters. The van der Waals surface area contributed by atoms with Crippen LogP contribution in [0, 0.1) is 16.7 Å². The number of nitriles is 1. The van der Waals surface area contributed by atoms with Crippen molar-refractivity contribution in [3.8, 4) is 6.07 Å². The van der Waals surface area contributed by atoms with Crippen LogP contribution < -0.4 is 0 Å². The highest BCUT2D eigenvalue weighted by Crippen LogP contribution is 2.11. The second-order valence-electron chi connectivity index (χ2n) is 4.72. The lowest BCUT2D eigenvalue weighted by atomic mass is 10.3. The fourth-order valence-corrected chi connectivity index (χ4v) is 1.81. The van der Waals surface area contributed by atoms with E-state index in [0.717, 1.165) is 6.21 Å². The normalized spacial score (nSPS) is 21.0. The average Bonchev–Trinajstić information content (AvgIpc) is 2.52. The topological polar surface area (TPSA) is 111 Å². The van der Waals surface area contributed by atoms with Crippen LogP contribution in [0.15, 0.2) is 5.16 Å². The van der Waals surface area contributed by atoms with Crippen molar-refractivity contribution in [1.82, 2.24) is 9.80 Å². The third-order valence-electron chi connectivity index (χ3n) is 2.98. The largest absolute Gasteiger partial charge is 0.461 e. The molecule has 0 saturated carbocycles. The number of ether oxygens (including phenoxy) is 2. The Morgan fingerprint density at radius 2 is 2.41 bits per heavy atom. The van der Waals surface area contributed by atoms with Gasteiger partial charge in [0.2, 0.25) is 6.23 Å². The van der Waals surface area contributed by atoms with Gasteiger partial charge in [0.1, 0.15) is 12.3 Å². The number of hydrogen-bond acceptors (Lipinski definition) is 9. The smallest absolute Gasteiger partial charge is 0.371 e. The van der Waals surface area contributed by atoms with Crippen molar-refractivity contribution in [1.29, 1.82) is 10.7 Å². The van der Waals surface area contributed by atoms with Crippen LogP contribution >= 0.6 is 0 Å². The van der Waals surface area contributed by atoms with Crippen molar-refractivity contribution in [2.45, 2.75) is 19.4 Å². The summed E-state index contributed by atoms with van der Waals surface area (Å²) in [4.78, 5) is 20.3. The lowest BCUT2D eigenvalue weighted by Gasteiger charge is -2.37. The second kappa shape index (κ2) is 9.09. The molecule has 1 N–H and O–H groups in total. The Balaban J connectivity index is 2.70. The number of morpholine rings is 1. The highest BCUT2D eigenvalue weighted by Gasteiger charge is 2.28. The minimum atomic E-state index is -0.845. The first-order chi connectivity index (χ1) is 10.5. The summed E-state index contributed by atoms with van der Waals surface area (Å²) in [5.74, 6) is -0.845. The molecule has 9 heteroatoms. The maximum absolute atomic E-state index is 11.4. The monoisotopic (exact) mass is 311 g/mol. The highest BCUT2D eigenvalue weighted by atomic mass is 16.7. The summed E-state index contributed by atoms with van der Waals surface area (Å²) in [5, 5.41) is 19.8. The number of nitrogens with zero attached hydrogens (tertiary/aromatic N) is 4. The Hall–Kier alpha value is -2.02. The maximum Gasteiger partial charge on any atom is 0.371 e. The lowest BCUT2D eigenvalue weighted by Crippen LogP contribution is -2.53. The highest BCUT2D eigenvalue weighted by molar-refractivity contribution is 6.42. The molecule has 1 heterocycles. The van der Waals surface area contributed by atoms with Gasteiger partial charge < -0.3 is 19.7 Å². The predicted octanol–water partition coefficient (Wildman–Crippen LogP) is -0.359. The van der Waals surface area contributed by atoms with Crippen LogP contribution in [-0.2, 0) is 19.1 Å². The Kier molecular flexibility index (Phi) is 7.45. The van der Waals surface area contributed by atoms with Gasteiger partial charge in [0.15, 0.2) is 0 Å². The van der Waals surface area contributed by atoms with Crippen molar-refractivity contribution >= 4 is 17.9 Å². The van der Waals surface area contributed by atoms with Crippen LogP contribution in [0.3, 0.4) is 0 Å². The van der Waals surface area contributed by atoms with E-state index in [2.05, 4.69) is 9.89 Å². The Morgan fingerprint density at radius 3 is 2.95 bits per heavy atom. The Labute approximate surface area is 129 Å². The first kappa shape index (κ1) is 18.0. The van der Waals surface area contributed by atoms with E-state index in [-0.39, 0.29) is 12.8 Å². The van der Waals surface area contributed by atoms with Gasteiger partial charge in [0.25, 0.3) is 5.71 Å². The van der Waals surface area contributed by atoms with Crippen molar-refractivity contribution < 1.29 is 19.1 Å². The molecule has 0 bridgehead atoms. The zero-order valence-electron chi connectivity index (χ0n) is 13.0. The van der Waals surface area contributed by atoms with Gasteiger partial charge in [-0.05, 0) is 21.0 Å². The van der Waals surface area contributed by atoms with Gasteiger partial charge in [-0.25, -0.2) is 4.79 Å². The molecule has 9 nitrogen and oxygen atoms in total. The maximum atomic E-state index is 11.4. The molecule has 0 aromatic heterocycles. The Morgan fingerprint density at radius 1 is 1.68 bits per heavy atom. The summed E-state index contributed by atoms with van der Waals surface area (Å²) >= 11 is 0. The lowest BCUT2D eigenvalue weighted by molar-refractivity contribution is -0.137. The predicted molar refractivity (Wildman–Crippen MR) is 78.3 cm³/mol. The minimum absolute atomic E-state index is 0.121.